The van der Waals surface area contributed by atoms with Crippen molar-refractivity contribution in [3.63, 3.8) is 0 Å². The third kappa shape index (κ3) is 31.1. The zero-order valence-electron chi connectivity index (χ0n) is 20.2. The number of carboxylic acid groups (broad SMARTS) is 2. The lowest BCUT2D eigenvalue weighted by Gasteiger charge is -2.12. The molecule has 0 bridgehead atoms. The number of aliphatic hydroxyl groups excluding tert-OH is 2. The smallest absolute Gasteiger partial charge is 0.303 e. The molecule has 0 spiro atoms. The number of aliphatic carboxylic acids is 2. The van der Waals surface area contributed by atoms with Crippen LogP contribution in [-0.4, -0.2) is 44.6 Å². The minimum absolute atomic E-state index is 0.296. The van der Waals surface area contributed by atoms with E-state index in [1.807, 2.05) is 0 Å². The third-order valence-corrected chi connectivity index (χ3v) is 5.46. The van der Waals surface area contributed by atoms with Crippen LogP contribution < -0.4 is 0 Å². The maximum atomic E-state index is 9.64. The van der Waals surface area contributed by atoms with Crippen molar-refractivity contribution in [2.75, 3.05) is 0 Å². The van der Waals surface area contributed by atoms with E-state index in [0.29, 0.717) is 0 Å². The van der Waals surface area contributed by atoms with Gasteiger partial charge in [0, 0.05) is 0 Å². The molecule has 0 amide bonds. The summed E-state index contributed by atoms with van der Waals surface area (Å²) in [6.07, 6.45) is 20.9. The average Bonchev–Trinajstić information content (AvgIpc) is 2.72. The van der Waals surface area contributed by atoms with Crippen LogP contribution in [0.5, 0.6) is 0 Å². The van der Waals surface area contributed by atoms with Gasteiger partial charge >= 0.3 is 11.9 Å². The first-order chi connectivity index (χ1) is 14.8. The Labute approximate surface area is 190 Å². The summed E-state index contributed by atoms with van der Waals surface area (Å²) >= 11 is 0. The Morgan fingerprint density at radius 3 is 1.13 bits per heavy atom. The molecule has 0 heterocycles. The summed E-state index contributed by atoms with van der Waals surface area (Å²) < 4.78 is 0. The quantitative estimate of drug-likeness (QED) is 0.153. The minimum Gasteiger partial charge on any atom is -0.481 e. The molecule has 0 aliphatic heterocycles. The van der Waals surface area contributed by atoms with Gasteiger partial charge in [-0.2, -0.15) is 0 Å². The summed E-state index contributed by atoms with van der Waals surface area (Å²) in [6, 6.07) is 0. The zero-order valence-corrected chi connectivity index (χ0v) is 20.2. The SMILES string of the molecule is CCCCCCCCCCCCCCCCCCC(O)C(C)O.O=C(O)CCC(=O)O. The molecule has 2 atom stereocenters. The first-order valence-electron chi connectivity index (χ1n) is 12.6. The fourth-order valence-electron chi connectivity index (χ4n) is 3.36. The van der Waals surface area contributed by atoms with Crippen LogP contribution in [0.1, 0.15) is 136 Å². The van der Waals surface area contributed by atoms with Crippen LogP contribution in [0, 0.1) is 0 Å². The molecular formula is C25H50O6. The molecule has 0 fully saturated rings. The maximum Gasteiger partial charge on any atom is 0.303 e. The lowest BCUT2D eigenvalue weighted by Crippen LogP contribution is -2.21. The maximum absolute atomic E-state index is 9.64. The Bertz CT molecular complexity index is 383. The molecule has 0 aliphatic rings. The number of carboxylic acids is 2. The van der Waals surface area contributed by atoms with E-state index < -0.39 is 24.1 Å². The Morgan fingerprint density at radius 1 is 0.581 bits per heavy atom. The fourth-order valence-corrected chi connectivity index (χ4v) is 3.36. The monoisotopic (exact) mass is 446 g/mol. The molecule has 0 radical (unpaired) electrons. The van der Waals surface area contributed by atoms with E-state index in [1.54, 1.807) is 6.92 Å². The predicted octanol–water partition coefficient (Wildman–Crippen LogP) is 6.32. The number of hydrogen-bond acceptors (Lipinski definition) is 4. The summed E-state index contributed by atoms with van der Waals surface area (Å²) in [7, 11) is 0. The third-order valence-electron chi connectivity index (χ3n) is 5.46. The molecule has 0 saturated heterocycles. The van der Waals surface area contributed by atoms with Crippen LogP contribution in [0.2, 0.25) is 0 Å². The number of rotatable bonds is 21. The number of unbranched alkanes of at least 4 members (excludes halogenated alkanes) is 15. The predicted molar refractivity (Wildman–Crippen MR) is 126 cm³/mol. The Hall–Kier alpha value is -1.14. The van der Waals surface area contributed by atoms with Gasteiger partial charge in [0.25, 0.3) is 0 Å². The molecule has 0 aliphatic carbocycles. The molecule has 0 aromatic carbocycles. The first kappa shape index (κ1) is 32.0. The average molecular weight is 447 g/mol. The van der Waals surface area contributed by atoms with Crippen molar-refractivity contribution in [3.8, 4) is 0 Å². The highest BCUT2D eigenvalue weighted by molar-refractivity contribution is 5.75. The highest BCUT2D eigenvalue weighted by atomic mass is 16.4. The number of aliphatic hydroxyl groups is 2. The summed E-state index contributed by atoms with van der Waals surface area (Å²) in [4.78, 5) is 19.3. The molecule has 0 saturated carbocycles. The first-order valence-corrected chi connectivity index (χ1v) is 12.6. The molecule has 6 nitrogen and oxygen atoms in total. The van der Waals surface area contributed by atoms with E-state index in [1.165, 1.54) is 96.3 Å². The Balaban J connectivity index is 0. The number of hydrogen-bond donors (Lipinski definition) is 4. The van der Waals surface area contributed by atoms with Gasteiger partial charge in [-0.3, -0.25) is 9.59 Å². The summed E-state index contributed by atoms with van der Waals surface area (Å²) in [5.74, 6) is -2.15. The van der Waals surface area contributed by atoms with Gasteiger partial charge in [-0.05, 0) is 13.3 Å². The summed E-state index contributed by atoms with van der Waals surface area (Å²) in [5.41, 5.74) is 0. The van der Waals surface area contributed by atoms with Crippen LogP contribution in [0.25, 0.3) is 0 Å². The van der Waals surface area contributed by atoms with Crippen molar-refractivity contribution >= 4 is 11.9 Å². The normalized spacial score (nSPS) is 12.6. The second-order valence-corrected chi connectivity index (χ2v) is 8.69. The molecule has 0 aromatic rings. The molecule has 186 valence electrons. The van der Waals surface area contributed by atoms with Crippen molar-refractivity contribution in [2.24, 2.45) is 0 Å². The van der Waals surface area contributed by atoms with Crippen molar-refractivity contribution in [1.29, 1.82) is 0 Å². The van der Waals surface area contributed by atoms with Crippen LogP contribution in [-0.2, 0) is 9.59 Å². The van der Waals surface area contributed by atoms with Gasteiger partial charge in [-0.25, -0.2) is 0 Å². The van der Waals surface area contributed by atoms with Crippen LogP contribution in [0.4, 0.5) is 0 Å². The lowest BCUT2D eigenvalue weighted by molar-refractivity contribution is -0.143. The van der Waals surface area contributed by atoms with E-state index in [9.17, 15) is 19.8 Å². The zero-order chi connectivity index (χ0) is 23.7. The second-order valence-electron chi connectivity index (χ2n) is 8.69. The standard InChI is InChI=1S/C21H44O2.C4H6O4/c1-3-4-5-6-7-8-9-10-11-12-13-14-15-16-17-18-19-21(23)20(2)22;5-3(6)1-2-4(7)8/h20-23H,3-19H2,1-2H3;1-2H2,(H,5,6)(H,7,8). The summed E-state index contributed by atoms with van der Waals surface area (Å²) in [6.45, 7) is 3.94. The Morgan fingerprint density at radius 2 is 0.871 bits per heavy atom. The molecule has 4 N–H and O–H groups in total. The van der Waals surface area contributed by atoms with E-state index in [4.69, 9.17) is 10.2 Å². The largest absolute Gasteiger partial charge is 0.481 e. The van der Waals surface area contributed by atoms with Crippen LogP contribution in [0.3, 0.4) is 0 Å². The van der Waals surface area contributed by atoms with Gasteiger partial charge in [-0.1, -0.05) is 110 Å². The van der Waals surface area contributed by atoms with Crippen molar-refractivity contribution in [2.45, 2.75) is 148 Å². The van der Waals surface area contributed by atoms with E-state index >= 15 is 0 Å². The van der Waals surface area contributed by atoms with E-state index in [-0.39, 0.29) is 12.8 Å². The van der Waals surface area contributed by atoms with Gasteiger partial charge in [0.15, 0.2) is 0 Å². The van der Waals surface area contributed by atoms with Gasteiger partial charge in [-0.15, -0.1) is 0 Å². The van der Waals surface area contributed by atoms with E-state index in [0.717, 1.165) is 12.8 Å². The fraction of sp³-hybridized carbons (Fsp3) is 0.920. The minimum atomic E-state index is -1.08. The van der Waals surface area contributed by atoms with E-state index in [2.05, 4.69) is 6.92 Å². The molecule has 6 heteroatoms. The second kappa shape index (κ2) is 25.1. The van der Waals surface area contributed by atoms with Gasteiger partial charge in [0.1, 0.15) is 0 Å². The number of carbonyl (C=O) groups is 2. The Kier molecular flexibility index (Phi) is 26.0. The van der Waals surface area contributed by atoms with Gasteiger partial charge in [0.05, 0.1) is 25.0 Å². The topological polar surface area (TPSA) is 115 Å². The highest BCUT2D eigenvalue weighted by Gasteiger charge is 2.09. The summed E-state index contributed by atoms with van der Waals surface area (Å²) in [5, 5.41) is 34.5. The van der Waals surface area contributed by atoms with Crippen molar-refractivity contribution < 1.29 is 30.0 Å². The highest BCUT2D eigenvalue weighted by Crippen LogP contribution is 2.14. The molecule has 2 unspecified atom stereocenters. The molecule has 0 aromatic heterocycles. The van der Waals surface area contributed by atoms with Crippen LogP contribution >= 0.6 is 0 Å². The van der Waals surface area contributed by atoms with Gasteiger partial charge < -0.3 is 20.4 Å². The lowest BCUT2D eigenvalue weighted by atomic mass is 10.0. The molecule has 0 rings (SSSR count). The van der Waals surface area contributed by atoms with Crippen LogP contribution in [0.15, 0.2) is 0 Å². The molecule has 31 heavy (non-hydrogen) atoms. The van der Waals surface area contributed by atoms with Crippen molar-refractivity contribution in [3.05, 3.63) is 0 Å². The van der Waals surface area contributed by atoms with Gasteiger partial charge in [0.2, 0.25) is 0 Å². The molecular weight excluding hydrogens is 396 g/mol. The van der Waals surface area contributed by atoms with Crippen molar-refractivity contribution in [1.82, 2.24) is 0 Å².